The average Bonchev–Trinajstić information content (AvgIpc) is 2.98. The number of morpholine rings is 1. The van der Waals surface area contributed by atoms with E-state index in [-0.39, 0.29) is 5.54 Å². The van der Waals surface area contributed by atoms with Crippen LogP contribution < -0.4 is 5.32 Å². The summed E-state index contributed by atoms with van der Waals surface area (Å²) in [5, 5.41) is 8.45. The minimum atomic E-state index is 0.114. The Balaban J connectivity index is 1.67. The fourth-order valence-electron chi connectivity index (χ4n) is 4.39. The van der Waals surface area contributed by atoms with Crippen molar-refractivity contribution in [3.8, 4) is 0 Å². The maximum atomic E-state index is 5.90. The average molecular weight is 351 g/mol. The van der Waals surface area contributed by atoms with Crippen molar-refractivity contribution in [3.63, 3.8) is 0 Å². The van der Waals surface area contributed by atoms with Gasteiger partial charge < -0.3 is 14.8 Å². The zero-order chi connectivity index (χ0) is 17.7. The van der Waals surface area contributed by atoms with Crippen LogP contribution in [-0.2, 0) is 35.9 Å². The van der Waals surface area contributed by atoms with E-state index in [2.05, 4.69) is 35.8 Å². The third kappa shape index (κ3) is 4.08. The summed E-state index contributed by atoms with van der Waals surface area (Å²) in [6.07, 6.45) is 4.36. The second kappa shape index (κ2) is 8.62. The topological polar surface area (TPSA) is 51.6 Å². The molecule has 0 bridgehead atoms. The van der Waals surface area contributed by atoms with Gasteiger partial charge in [0.25, 0.3) is 0 Å². The lowest BCUT2D eigenvalue weighted by Crippen LogP contribution is -2.62. The number of hydrogen-bond donors (Lipinski definition) is 1. The number of aryl methyl sites for hydroxylation is 2. The maximum absolute atomic E-state index is 5.90. The smallest absolute Gasteiger partial charge is 0.0669 e. The number of nitrogens with zero attached hydrogens (tertiary/aromatic N) is 3. The van der Waals surface area contributed by atoms with Crippen LogP contribution in [0.15, 0.2) is 0 Å². The molecule has 1 unspecified atom stereocenters. The lowest BCUT2D eigenvalue weighted by atomic mass is 9.89. The summed E-state index contributed by atoms with van der Waals surface area (Å²) in [7, 11) is 2.06. The van der Waals surface area contributed by atoms with E-state index in [4.69, 9.17) is 14.6 Å². The van der Waals surface area contributed by atoms with E-state index in [0.717, 1.165) is 71.9 Å². The molecule has 3 rings (SSSR count). The Morgan fingerprint density at radius 2 is 1.92 bits per heavy atom. The highest BCUT2D eigenvalue weighted by atomic mass is 16.5. The zero-order valence-electron chi connectivity index (χ0n) is 16.1. The predicted octanol–water partition coefficient (Wildman–Crippen LogP) is 1.52. The number of hydrogen-bond acceptors (Lipinski definition) is 5. The van der Waals surface area contributed by atoms with Crippen LogP contribution in [0.4, 0.5) is 0 Å². The second-order valence-electron chi connectivity index (χ2n) is 7.29. The Morgan fingerprint density at radius 3 is 2.56 bits per heavy atom. The number of rotatable bonds is 7. The third-order valence-corrected chi connectivity index (χ3v) is 5.77. The molecule has 6 heteroatoms. The Morgan fingerprint density at radius 1 is 1.12 bits per heavy atom. The summed E-state index contributed by atoms with van der Waals surface area (Å²) in [6.45, 7) is 11.7. The van der Waals surface area contributed by atoms with E-state index >= 15 is 0 Å². The predicted molar refractivity (Wildman–Crippen MR) is 98.8 cm³/mol. The number of nitrogens with one attached hydrogen (secondary N) is 1. The molecule has 2 fully saturated rings. The van der Waals surface area contributed by atoms with E-state index < -0.39 is 0 Å². The van der Waals surface area contributed by atoms with Gasteiger partial charge in [-0.15, -0.1) is 0 Å². The third-order valence-electron chi connectivity index (χ3n) is 5.77. The summed E-state index contributed by atoms with van der Waals surface area (Å²) >= 11 is 0. The summed E-state index contributed by atoms with van der Waals surface area (Å²) < 4.78 is 13.5. The minimum absolute atomic E-state index is 0.114. The van der Waals surface area contributed by atoms with Crippen LogP contribution in [-0.4, -0.2) is 66.3 Å². The van der Waals surface area contributed by atoms with Gasteiger partial charge in [0.1, 0.15) is 0 Å². The van der Waals surface area contributed by atoms with Crippen molar-refractivity contribution < 1.29 is 9.47 Å². The van der Waals surface area contributed by atoms with Crippen molar-refractivity contribution in [3.05, 3.63) is 17.0 Å². The highest BCUT2D eigenvalue weighted by Gasteiger charge is 2.39. The fourth-order valence-corrected chi connectivity index (χ4v) is 4.39. The molecule has 0 amide bonds. The van der Waals surface area contributed by atoms with Gasteiger partial charge in [0.2, 0.25) is 0 Å². The molecule has 0 radical (unpaired) electrons. The van der Waals surface area contributed by atoms with Crippen LogP contribution in [0.5, 0.6) is 0 Å². The van der Waals surface area contributed by atoms with Crippen molar-refractivity contribution in [2.75, 3.05) is 46.1 Å². The Labute approximate surface area is 151 Å². The molecule has 1 aromatic heterocycles. The largest absolute Gasteiger partial charge is 0.379 e. The van der Waals surface area contributed by atoms with Gasteiger partial charge in [-0.2, -0.15) is 5.10 Å². The van der Waals surface area contributed by atoms with Gasteiger partial charge in [0.05, 0.1) is 31.1 Å². The SMILES string of the molecule is CCc1nn(C)c(CC)c1CNCC1(N2CCOCC2)CCCOC1. The van der Waals surface area contributed by atoms with Crippen molar-refractivity contribution in [2.24, 2.45) is 7.05 Å². The van der Waals surface area contributed by atoms with Crippen LogP contribution >= 0.6 is 0 Å². The second-order valence-corrected chi connectivity index (χ2v) is 7.29. The molecule has 1 atom stereocenters. The summed E-state index contributed by atoms with van der Waals surface area (Å²) in [4.78, 5) is 2.59. The van der Waals surface area contributed by atoms with E-state index in [1.54, 1.807) is 0 Å². The van der Waals surface area contributed by atoms with Crippen molar-refractivity contribution in [1.29, 1.82) is 0 Å². The van der Waals surface area contributed by atoms with Gasteiger partial charge in [-0.3, -0.25) is 9.58 Å². The van der Waals surface area contributed by atoms with E-state index in [9.17, 15) is 0 Å². The fraction of sp³-hybridized carbons (Fsp3) is 0.842. The lowest BCUT2D eigenvalue weighted by Gasteiger charge is -2.47. The first-order valence-electron chi connectivity index (χ1n) is 9.85. The zero-order valence-corrected chi connectivity index (χ0v) is 16.1. The Kier molecular flexibility index (Phi) is 6.49. The molecule has 0 aliphatic carbocycles. The molecule has 6 nitrogen and oxygen atoms in total. The molecule has 1 N–H and O–H groups in total. The highest BCUT2D eigenvalue weighted by molar-refractivity contribution is 5.26. The first-order valence-corrected chi connectivity index (χ1v) is 9.85. The number of ether oxygens (including phenoxy) is 2. The monoisotopic (exact) mass is 350 g/mol. The molecule has 0 saturated carbocycles. The van der Waals surface area contributed by atoms with Crippen LogP contribution in [0.2, 0.25) is 0 Å². The first-order chi connectivity index (χ1) is 12.2. The molecule has 2 saturated heterocycles. The summed E-state index contributed by atoms with van der Waals surface area (Å²) in [6, 6.07) is 0. The maximum Gasteiger partial charge on any atom is 0.0669 e. The summed E-state index contributed by atoms with van der Waals surface area (Å²) in [5.74, 6) is 0. The summed E-state index contributed by atoms with van der Waals surface area (Å²) in [5.41, 5.74) is 4.08. The van der Waals surface area contributed by atoms with E-state index in [1.165, 1.54) is 23.4 Å². The van der Waals surface area contributed by atoms with Crippen molar-refractivity contribution in [1.82, 2.24) is 20.0 Å². The lowest BCUT2D eigenvalue weighted by molar-refractivity contribution is -0.0850. The van der Waals surface area contributed by atoms with Gasteiger partial charge >= 0.3 is 0 Å². The van der Waals surface area contributed by atoms with Crippen molar-refractivity contribution in [2.45, 2.75) is 51.6 Å². The number of aromatic nitrogens is 2. The van der Waals surface area contributed by atoms with Gasteiger partial charge in [0, 0.05) is 51.1 Å². The molecule has 3 heterocycles. The van der Waals surface area contributed by atoms with Crippen LogP contribution in [0.3, 0.4) is 0 Å². The van der Waals surface area contributed by atoms with Crippen LogP contribution in [0.25, 0.3) is 0 Å². The normalized spacial score (nSPS) is 25.4. The molecular formula is C19H34N4O2. The van der Waals surface area contributed by atoms with Gasteiger partial charge in [-0.25, -0.2) is 0 Å². The quantitative estimate of drug-likeness (QED) is 0.808. The Bertz CT molecular complexity index is 546. The minimum Gasteiger partial charge on any atom is -0.379 e. The molecule has 0 spiro atoms. The molecule has 142 valence electrons. The van der Waals surface area contributed by atoms with Gasteiger partial charge in [-0.1, -0.05) is 13.8 Å². The molecule has 25 heavy (non-hydrogen) atoms. The van der Waals surface area contributed by atoms with Crippen LogP contribution in [0.1, 0.15) is 43.6 Å². The van der Waals surface area contributed by atoms with E-state index in [0.29, 0.717) is 0 Å². The molecule has 2 aliphatic heterocycles. The van der Waals surface area contributed by atoms with Gasteiger partial charge in [0.15, 0.2) is 0 Å². The van der Waals surface area contributed by atoms with Crippen LogP contribution in [0, 0.1) is 0 Å². The Hall–Kier alpha value is -0.950. The molecule has 2 aliphatic rings. The standard InChI is InChI=1S/C19H34N4O2/c1-4-17-16(18(5-2)22(3)21-17)13-20-14-19(7-6-10-25-15-19)23-8-11-24-12-9-23/h20H,4-15H2,1-3H3. The molecule has 0 aromatic carbocycles. The molecule has 1 aromatic rings. The van der Waals surface area contributed by atoms with E-state index in [1.807, 2.05) is 0 Å². The highest BCUT2D eigenvalue weighted by Crippen LogP contribution is 2.27. The first kappa shape index (κ1) is 18.8. The van der Waals surface area contributed by atoms with Gasteiger partial charge in [-0.05, 0) is 25.7 Å². The molecular weight excluding hydrogens is 316 g/mol. The van der Waals surface area contributed by atoms with Crippen molar-refractivity contribution >= 4 is 0 Å².